The van der Waals surface area contributed by atoms with Gasteiger partial charge >= 0.3 is 0 Å². The van der Waals surface area contributed by atoms with Crippen LogP contribution in [-0.4, -0.2) is 15.2 Å². The molecule has 0 amide bonds. The van der Waals surface area contributed by atoms with E-state index in [1.807, 2.05) is 84.9 Å². The van der Waals surface area contributed by atoms with Gasteiger partial charge in [0.25, 0.3) is 0 Å². The van der Waals surface area contributed by atoms with Gasteiger partial charge in [-0.25, -0.2) is 4.98 Å². The second-order valence-corrected chi connectivity index (χ2v) is 6.95. The van der Waals surface area contributed by atoms with E-state index in [2.05, 4.69) is 10.2 Å². The number of anilines is 2. The molecule has 2 heterocycles. The fourth-order valence-electron chi connectivity index (χ4n) is 3.43. The molecule has 3 aromatic carbocycles. The van der Waals surface area contributed by atoms with E-state index < -0.39 is 0 Å². The number of nitrogens with one attached hydrogen (secondary N) is 1. The molecule has 5 N–H and O–H groups in total. The van der Waals surface area contributed by atoms with E-state index in [9.17, 15) is 0 Å². The molecular formula is C24H19N5O. The first-order chi connectivity index (χ1) is 14.7. The van der Waals surface area contributed by atoms with Crippen molar-refractivity contribution in [3.8, 4) is 34.0 Å². The van der Waals surface area contributed by atoms with Crippen molar-refractivity contribution < 1.29 is 4.74 Å². The molecule has 6 heteroatoms. The van der Waals surface area contributed by atoms with E-state index in [1.165, 1.54) is 0 Å². The van der Waals surface area contributed by atoms with Crippen molar-refractivity contribution >= 4 is 22.4 Å². The molecule has 0 saturated carbocycles. The molecule has 0 fully saturated rings. The van der Waals surface area contributed by atoms with Gasteiger partial charge in [-0.3, -0.25) is 5.10 Å². The van der Waals surface area contributed by atoms with Crippen LogP contribution >= 0.6 is 0 Å². The molecule has 5 rings (SSSR count). The number of hydrogen-bond donors (Lipinski definition) is 3. The molecule has 0 spiro atoms. The molecule has 0 aliphatic heterocycles. The number of nitrogens with zero attached hydrogens (tertiary/aromatic N) is 2. The first-order valence-electron chi connectivity index (χ1n) is 9.51. The highest BCUT2D eigenvalue weighted by Crippen LogP contribution is 2.34. The average Bonchev–Trinajstić information content (AvgIpc) is 3.15. The van der Waals surface area contributed by atoms with Crippen molar-refractivity contribution in [1.82, 2.24) is 15.2 Å². The van der Waals surface area contributed by atoms with Crippen molar-refractivity contribution in [2.75, 3.05) is 11.5 Å². The molecule has 0 aliphatic rings. The van der Waals surface area contributed by atoms with Crippen LogP contribution in [0.1, 0.15) is 0 Å². The summed E-state index contributed by atoms with van der Waals surface area (Å²) in [4.78, 5) is 4.89. The van der Waals surface area contributed by atoms with Gasteiger partial charge < -0.3 is 16.2 Å². The highest BCUT2D eigenvalue weighted by molar-refractivity contribution is 6.01. The largest absolute Gasteiger partial charge is 0.457 e. The number of aromatic nitrogens is 3. The maximum atomic E-state index is 6.13. The van der Waals surface area contributed by atoms with Gasteiger partial charge in [0.1, 0.15) is 11.5 Å². The zero-order chi connectivity index (χ0) is 20.5. The number of nitrogen functional groups attached to an aromatic ring is 2. The van der Waals surface area contributed by atoms with Crippen LogP contribution in [0.3, 0.4) is 0 Å². The lowest BCUT2D eigenvalue weighted by Gasteiger charge is -2.10. The molecule has 0 bridgehead atoms. The predicted molar refractivity (Wildman–Crippen MR) is 120 cm³/mol. The van der Waals surface area contributed by atoms with Crippen molar-refractivity contribution in [1.29, 1.82) is 0 Å². The normalized spacial score (nSPS) is 10.9. The topological polar surface area (TPSA) is 103 Å². The quantitative estimate of drug-likeness (QED) is 0.362. The smallest absolute Gasteiger partial charge is 0.155 e. The van der Waals surface area contributed by atoms with E-state index in [-0.39, 0.29) is 0 Å². The zero-order valence-corrected chi connectivity index (χ0v) is 16.0. The summed E-state index contributed by atoms with van der Waals surface area (Å²) in [6.45, 7) is 0. The molecule has 146 valence electrons. The number of rotatable bonds is 4. The van der Waals surface area contributed by atoms with Gasteiger partial charge in [0.2, 0.25) is 0 Å². The fraction of sp³-hybridized carbons (Fsp3) is 0. The number of benzene rings is 3. The third-order valence-corrected chi connectivity index (χ3v) is 4.86. The summed E-state index contributed by atoms with van der Waals surface area (Å²) >= 11 is 0. The molecule has 0 radical (unpaired) electrons. The van der Waals surface area contributed by atoms with Gasteiger partial charge in [-0.1, -0.05) is 30.3 Å². The first-order valence-corrected chi connectivity index (χ1v) is 9.51. The van der Waals surface area contributed by atoms with Crippen LogP contribution in [0.5, 0.6) is 11.5 Å². The van der Waals surface area contributed by atoms with Gasteiger partial charge in [-0.15, -0.1) is 0 Å². The molecule has 0 atom stereocenters. The van der Waals surface area contributed by atoms with Gasteiger partial charge in [-0.2, -0.15) is 5.10 Å². The van der Waals surface area contributed by atoms with Gasteiger partial charge in [0.15, 0.2) is 5.82 Å². The van der Waals surface area contributed by atoms with E-state index >= 15 is 0 Å². The van der Waals surface area contributed by atoms with E-state index in [0.29, 0.717) is 11.5 Å². The highest BCUT2D eigenvalue weighted by Gasteiger charge is 2.15. The Labute approximate surface area is 173 Å². The Morgan fingerprint density at radius 3 is 2.27 bits per heavy atom. The first kappa shape index (κ1) is 17.8. The van der Waals surface area contributed by atoms with Crippen LogP contribution in [0, 0.1) is 0 Å². The summed E-state index contributed by atoms with van der Waals surface area (Å²) < 4.78 is 5.89. The Morgan fingerprint density at radius 1 is 0.733 bits per heavy atom. The molecule has 6 nitrogen and oxygen atoms in total. The number of nitrogens with two attached hydrogens (primary N) is 2. The van der Waals surface area contributed by atoms with E-state index in [0.717, 1.165) is 44.9 Å². The Morgan fingerprint density at radius 2 is 1.50 bits per heavy atom. The third kappa shape index (κ3) is 3.31. The third-order valence-electron chi connectivity index (χ3n) is 4.86. The second-order valence-electron chi connectivity index (χ2n) is 6.95. The van der Waals surface area contributed by atoms with E-state index in [4.69, 9.17) is 21.2 Å². The lowest BCUT2D eigenvalue weighted by atomic mass is 10.0. The summed E-state index contributed by atoms with van der Waals surface area (Å²) in [5.41, 5.74) is 17.0. The van der Waals surface area contributed by atoms with Gasteiger partial charge in [0.05, 0.1) is 22.3 Å². The Hall–Kier alpha value is -4.32. The van der Waals surface area contributed by atoms with Crippen molar-refractivity contribution in [2.24, 2.45) is 0 Å². The van der Waals surface area contributed by atoms with E-state index in [1.54, 1.807) is 0 Å². The molecule has 30 heavy (non-hydrogen) atoms. The Bertz CT molecular complexity index is 1330. The minimum Gasteiger partial charge on any atom is -0.457 e. The molecule has 5 aromatic rings. The van der Waals surface area contributed by atoms with Crippen LogP contribution in [0.15, 0.2) is 84.9 Å². The van der Waals surface area contributed by atoms with Gasteiger partial charge in [0, 0.05) is 16.8 Å². The molecule has 0 aliphatic carbocycles. The number of H-pyrrole nitrogens is 1. The van der Waals surface area contributed by atoms with Crippen molar-refractivity contribution in [2.45, 2.75) is 0 Å². The van der Waals surface area contributed by atoms with Crippen LogP contribution in [0.25, 0.3) is 33.4 Å². The van der Waals surface area contributed by atoms with Crippen LogP contribution in [0.4, 0.5) is 11.5 Å². The SMILES string of the molecule is Nc1cccc(-c2cc3[nH]nc(N)c3c(-c3ccc(Oc4ccccc4)cc3)n2)c1. The predicted octanol–water partition coefficient (Wildman–Crippen LogP) is 5.25. The summed E-state index contributed by atoms with van der Waals surface area (Å²) in [5.74, 6) is 1.94. The maximum absolute atomic E-state index is 6.13. The van der Waals surface area contributed by atoms with Crippen LogP contribution < -0.4 is 16.2 Å². The minimum atomic E-state index is 0.413. The number of pyridine rings is 1. The number of fused-ring (bicyclic) bond motifs is 1. The highest BCUT2D eigenvalue weighted by atomic mass is 16.5. The van der Waals surface area contributed by atoms with Crippen molar-refractivity contribution in [3.05, 3.63) is 84.9 Å². The lowest BCUT2D eigenvalue weighted by Crippen LogP contribution is -1.93. The Balaban J connectivity index is 1.58. The summed E-state index contributed by atoms with van der Waals surface area (Å²) in [6, 6.07) is 27.0. The standard InChI is InChI=1S/C24H19N5O/c25-17-6-4-5-16(13-17)20-14-21-22(24(26)29-28-21)23(27-20)15-9-11-19(12-10-15)30-18-7-2-1-3-8-18/h1-14H,25H2,(H3,26,28,29). The number of aromatic amines is 1. The fourth-order valence-corrected chi connectivity index (χ4v) is 3.43. The number of hydrogen-bond acceptors (Lipinski definition) is 5. The maximum Gasteiger partial charge on any atom is 0.155 e. The summed E-state index contributed by atoms with van der Waals surface area (Å²) in [5, 5.41) is 7.96. The molecular weight excluding hydrogens is 374 g/mol. The summed E-state index contributed by atoms with van der Waals surface area (Å²) in [6.07, 6.45) is 0. The zero-order valence-electron chi connectivity index (χ0n) is 16.0. The van der Waals surface area contributed by atoms with Crippen molar-refractivity contribution in [3.63, 3.8) is 0 Å². The molecule has 0 unspecified atom stereocenters. The molecule has 2 aromatic heterocycles. The number of ether oxygens (including phenoxy) is 1. The lowest BCUT2D eigenvalue weighted by molar-refractivity contribution is 0.483. The second kappa shape index (κ2) is 7.25. The Kier molecular flexibility index (Phi) is 4.29. The summed E-state index contributed by atoms with van der Waals surface area (Å²) in [7, 11) is 0. The molecule has 0 saturated heterocycles. The number of para-hydroxylation sites is 1. The monoisotopic (exact) mass is 393 g/mol. The van der Waals surface area contributed by atoms with Crippen LogP contribution in [-0.2, 0) is 0 Å². The minimum absolute atomic E-state index is 0.413. The average molecular weight is 393 g/mol. The van der Waals surface area contributed by atoms with Crippen LogP contribution in [0.2, 0.25) is 0 Å². The van der Waals surface area contributed by atoms with Gasteiger partial charge in [-0.05, 0) is 54.6 Å².